The van der Waals surface area contributed by atoms with Gasteiger partial charge in [0.05, 0.1) is 35.6 Å². The summed E-state index contributed by atoms with van der Waals surface area (Å²) in [7, 11) is 6.23. The van der Waals surface area contributed by atoms with Crippen LogP contribution in [0.1, 0.15) is 22.6 Å². The van der Waals surface area contributed by atoms with Crippen molar-refractivity contribution in [1.82, 2.24) is 4.98 Å². The average Bonchev–Trinajstić information content (AvgIpc) is 3.20. The van der Waals surface area contributed by atoms with Crippen LogP contribution in [0, 0.1) is 12.8 Å². The van der Waals surface area contributed by atoms with E-state index in [2.05, 4.69) is 4.98 Å². The molecular weight excluding hydrogens is 437 g/mol. The van der Waals surface area contributed by atoms with Crippen LogP contribution >= 0.6 is 0 Å². The van der Waals surface area contributed by atoms with Gasteiger partial charge < -0.3 is 56.0 Å². The molecule has 0 saturated carbocycles. The second-order valence-corrected chi connectivity index (χ2v) is 7.98. The van der Waals surface area contributed by atoms with Gasteiger partial charge in [-0.3, -0.25) is 0 Å². The fourth-order valence-corrected chi connectivity index (χ4v) is 4.74. The molecule has 2 atom stereocenters. The highest BCUT2D eigenvalue weighted by Crippen LogP contribution is 2.57. The first-order valence-corrected chi connectivity index (χ1v) is 9.52. The molecule has 3 aromatic rings. The number of nitrogens with one attached hydrogen (secondary N) is 1. The summed E-state index contributed by atoms with van der Waals surface area (Å²) in [5, 5.41) is 103. The molecule has 33 heavy (non-hydrogen) atoms. The predicted octanol–water partition coefficient (Wildman–Crippen LogP) is 2.93. The largest absolute Gasteiger partial charge is 0.508 e. The number of phenols is 5. The molecule has 2 aliphatic carbocycles. The van der Waals surface area contributed by atoms with Crippen LogP contribution in [0.5, 0.6) is 28.7 Å². The summed E-state index contributed by atoms with van der Waals surface area (Å²) in [5.74, 6) is -11.3. The number of aromatic nitrogens is 1. The molecule has 1 aromatic heterocycles. The summed E-state index contributed by atoms with van der Waals surface area (Å²) in [6.07, 6.45) is 0. The third-order valence-electron chi connectivity index (χ3n) is 6.38. The molecule has 1 heterocycles. The Hall–Kier alpha value is -4.48. The van der Waals surface area contributed by atoms with E-state index in [1.54, 1.807) is 0 Å². The van der Waals surface area contributed by atoms with E-state index < -0.39 is 80.2 Å². The lowest BCUT2D eigenvalue weighted by Crippen LogP contribution is -2.29. The number of H-pyrrole nitrogens is 1. The number of fused-ring (bicyclic) bond motifs is 5. The first-order valence-electron chi connectivity index (χ1n) is 9.52. The minimum absolute atomic E-state index is 0.0312. The van der Waals surface area contributed by atoms with E-state index >= 15 is 0 Å². The molecule has 2 radical (unpaired) electrons. The number of rotatable bonds is 0. The summed E-state index contributed by atoms with van der Waals surface area (Å²) in [6.45, 7) is 1.32. The van der Waals surface area contributed by atoms with Crippen LogP contribution < -0.4 is 0 Å². The van der Waals surface area contributed by atoms with Gasteiger partial charge in [-0.05, 0) is 12.7 Å². The van der Waals surface area contributed by atoms with Crippen LogP contribution in [0.4, 0.5) is 0 Å². The predicted molar refractivity (Wildman–Crippen MR) is 115 cm³/mol. The number of aliphatic hydroxyl groups excluding tert-OH is 5. The summed E-state index contributed by atoms with van der Waals surface area (Å²) < 4.78 is 0. The number of aromatic hydroxyl groups is 5. The second-order valence-electron chi connectivity index (χ2n) is 7.98. The number of phenolic OH excluding ortho intramolecular Hbond substituents is 5. The summed E-state index contributed by atoms with van der Waals surface area (Å²) in [6, 6.07) is 0. The monoisotopic (exact) mass is 453 g/mol. The zero-order valence-corrected chi connectivity index (χ0v) is 16.7. The zero-order valence-electron chi connectivity index (χ0n) is 16.7. The molecule has 0 bridgehead atoms. The van der Waals surface area contributed by atoms with Crippen LogP contribution in [-0.4, -0.2) is 63.9 Å². The number of aromatic amines is 1. The van der Waals surface area contributed by atoms with Crippen LogP contribution in [0.25, 0.3) is 27.4 Å². The smallest absolute Gasteiger partial charge is 0.204 e. The lowest BCUT2D eigenvalue weighted by atomic mass is 9.64. The van der Waals surface area contributed by atoms with Crippen molar-refractivity contribution in [2.24, 2.45) is 5.92 Å². The third-order valence-corrected chi connectivity index (χ3v) is 6.38. The van der Waals surface area contributed by atoms with Gasteiger partial charge >= 0.3 is 0 Å². The highest BCUT2D eigenvalue weighted by Gasteiger charge is 2.45. The zero-order chi connectivity index (χ0) is 24.3. The van der Waals surface area contributed by atoms with Gasteiger partial charge in [-0.15, -0.1) is 0 Å². The Bertz CT molecular complexity index is 1540. The van der Waals surface area contributed by atoms with Crippen molar-refractivity contribution in [3.8, 4) is 28.7 Å². The molecule has 2 aromatic carbocycles. The van der Waals surface area contributed by atoms with E-state index in [1.165, 1.54) is 6.92 Å². The Morgan fingerprint density at radius 3 is 1.91 bits per heavy atom. The Labute approximate surface area is 184 Å². The molecule has 0 fully saturated rings. The Balaban J connectivity index is 2.00. The summed E-state index contributed by atoms with van der Waals surface area (Å²) in [4.78, 5) is 2.74. The first-order chi connectivity index (χ1) is 15.4. The standard InChI is InChI=1S/C21H16BNO10/c1-2-3-7(17(29)19(31)12(2)24)14(26)6-5-10(23-11(6)15(3)27)9(22)4-8(13(5)25)18(30)21(33)20(32)16(4)28/h4,9,23-33H,1H3. The van der Waals surface area contributed by atoms with Gasteiger partial charge in [-0.25, -0.2) is 0 Å². The van der Waals surface area contributed by atoms with Crippen LogP contribution in [0.15, 0.2) is 28.6 Å². The number of aryl methyl sites for hydroxylation is 1. The van der Waals surface area contributed by atoms with Crippen LogP contribution in [0.3, 0.4) is 0 Å². The highest BCUT2D eigenvalue weighted by molar-refractivity contribution is 6.20. The van der Waals surface area contributed by atoms with Crippen LogP contribution in [-0.2, 0) is 0 Å². The van der Waals surface area contributed by atoms with Crippen molar-refractivity contribution in [3.63, 3.8) is 0 Å². The summed E-state index contributed by atoms with van der Waals surface area (Å²) >= 11 is 0. The number of hydrogen-bond donors (Lipinski definition) is 11. The third kappa shape index (κ3) is 2.14. The van der Waals surface area contributed by atoms with E-state index in [0.29, 0.717) is 0 Å². The lowest BCUT2D eigenvalue weighted by Gasteiger charge is -2.34. The Morgan fingerprint density at radius 2 is 1.27 bits per heavy atom. The molecule has 5 rings (SSSR count). The number of hydrogen-bond acceptors (Lipinski definition) is 10. The van der Waals surface area contributed by atoms with Crippen LogP contribution in [0.2, 0.25) is 0 Å². The Morgan fingerprint density at radius 1 is 0.636 bits per heavy atom. The molecule has 168 valence electrons. The molecule has 11 nitrogen and oxygen atoms in total. The van der Waals surface area contributed by atoms with E-state index in [4.69, 9.17) is 7.85 Å². The van der Waals surface area contributed by atoms with Crippen molar-refractivity contribution >= 4 is 35.3 Å². The van der Waals surface area contributed by atoms with Crippen molar-refractivity contribution in [2.45, 2.75) is 12.7 Å². The fourth-order valence-electron chi connectivity index (χ4n) is 4.74. The van der Waals surface area contributed by atoms with E-state index in [-0.39, 0.29) is 33.1 Å². The Kier molecular flexibility index (Phi) is 3.75. The normalized spacial score (nSPS) is 20.6. The number of aliphatic hydroxyl groups is 5. The molecule has 0 aliphatic heterocycles. The molecule has 0 amide bonds. The molecule has 2 aliphatic rings. The maximum Gasteiger partial charge on any atom is 0.204 e. The average molecular weight is 453 g/mol. The quantitative estimate of drug-likeness (QED) is 0.136. The molecule has 11 N–H and O–H groups in total. The lowest BCUT2D eigenvalue weighted by molar-refractivity contribution is 0.219. The van der Waals surface area contributed by atoms with Gasteiger partial charge in [0.2, 0.25) is 17.3 Å². The maximum atomic E-state index is 11.0. The van der Waals surface area contributed by atoms with E-state index in [0.717, 1.165) is 0 Å². The number of benzene rings is 2. The fraction of sp³-hybridized carbons (Fsp3) is 0.143. The van der Waals surface area contributed by atoms with Gasteiger partial charge in [-0.1, -0.05) is 0 Å². The van der Waals surface area contributed by atoms with E-state index in [1.807, 2.05) is 0 Å². The van der Waals surface area contributed by atoms with Gasteiger partial charge in [0.1, 0.15) is 23.0 Å². The SMILES string of the molecule is [B]C1c2[nH]c3c(O)c4c(C)c(O)c(O)c(O)c4c(O)c3c2C(O)=C2C(O)=C(O)C(O)=C(O)C21. The van der Waals surface area contributed by atoms with Gasteiger partial charge in [-0.2, -0.15) is 0 Å². The second kappa shape index (κ2) is 6.06. The highest BCUT2D eigenvalue weighted by atomic mass is 16.4. The maximum absolute atomic E-state index is 11.0. The molecule has 0 saturated heterocycles. The minimum Gasteiger partial charge on any atom is -0.508 e. The van der Waals surface area contributed by atoms with Gasteiger partial charge in [0.25, 0.3) is 0 Å². The van der Waals surface area contributed by atoms with E-state index in [9.17, 15) is 51.1 Å². The summed E-state index contributed by atoms with van der Waals surface area (Å²) in [5.41, 5.74) is -0.956. The van der Waals surface area contributed by atoms with Crippen molar-refractivity contribution in [2.75, 3.05) is 0 Å². The van der Waals surface area contributed by atoms with Crippen molar-refractivity contribution in [3.05, 3.63) is 45.4 Å². The topological polar surface area (TPSA) is 218 Å². The molecule has 0 spiro atoms. The van der Waals surface area contributed by atoms with Crippen molar-refractivity contribution < 1.29 is 51.1 Å². The number of allylic oxidation sites excluding steroid dienone is 2. The van der Waals surface area contributed by atoms with Gasteiger partial charge in [0, 0.05) is 22.2 Å². The van der Waals surface area contributed by atoms with Gasteiger partial charge in [0.15, 0.2) is 17.3 Å². The molecule has 12 heteroatoms. The molecule has 2 unspecified atom stereocenters. The molecular formula is C21H16BNO10. The minimum atomic E-state index is -1.40. The van der Waals surface area contributed by atoms with Crippen molar-refractivity contribution in [1.29, 1.82) is 0 Å². The first kappa shape index (κ1) is 20.4.